The van der Waals surface area contributed by atoms with Gasteiger partial charge in [0.15, 0.2) is 0 Å². The minimum absolute atomic E-state index is 0.0335. The van der Waals surface area contributed by atoms with Gasteiger partial charge in [0.05, 0.1) is 18.2 Å². The quantitative estimate of drug-likeness (QED) is 0.318. The lowest BCUT2D eigenvalue weighted by molar-refractivity contribution is -0.380. The Morgan fingerprint density at radius 3 is 2.45 bits per heavy atom. The summed E-state index contributed by atoms with van der Waals surface area (Å²) < 4.78 is 103. The normalized spacial score (nSPS) is 28.0. The van der Waals surface area contributed by atoms with Crippen molar-refractivity contribution in [2.45, 2.75) is 88.2 Å². The zero-order valence-electron chi connectivity index (χ0n) is 20.9. The number of hydrogen-bond donors (Lipinski definition) is 1. The lowest BCUT2D eigenvalue weighted by atomic mass is 9.72. The number of likely N-dealkylation sites (tertiary alicyclic amines) is 1. The molecule has 5 rings (SSSR count). The summed E-state index contributed by atoms with van der Waals surface area (Å²) in [5, 5.41) is 9.92. The van der Waals surface area contributed by atoms with E-state index in [1.807, 2.05) is 0 Å². The smallest absolute Gasteiger partial charge is 0.428 e. The van der Waals surface area contributed by atoms with Crippen LogP contribution in [0.25, 0.3) is 0 Å². The van der Waals surface area contributed by atoms with E-state index in [-0.39, 0.29) is 23.5 Å². The summed E-state index contributed by atoms with van der Waals surface area (Å²) in [5.74, 6) is -1.67. The third kappa shape index (κ3) is 4.58. The first-order valence-corrected chi connectivity index (χ1v) is 13.0. The Balaban J connectivity index is 1.42. The number of aliphatic hydroxyl groups is 1. The third-order valence-electron chi connectivity index (χ3n) is 8.56. The highest BCUT2D eigenvalue weighted by atomic mass is 19.4. The van der Waals surface area contributed by atoms with Gasteiger partial charge in [-0.1, -0.05) is 18.6 Å². The average Bonchev–Trinajstić information content (AvgIpc) is 3.45. The molecule has 2 saturated carbocycles. The van der Waals surface area contributed by atoms with Crippen molar-refractivity contribution >= 4 is 5.91 Å². The van der Waals surface area contributed by atoms with Crippen LogP contribution in [-0.4, -0.2) is 53.1 Å². The molecule has 1 aromatic carbocycles. The van der Waals surface area contributed by atoms with E-state index in [1.165, 1.54) is 11.6 Å². The van der Waals surface area contributed by atoms with Gasteiger partial charge in [-0.3, -0.25) is 4.79 Å². The van der Waals surface area contributed by atoms with Gasteiger partial charge in [0.2, 0.25) is 0 Å². The topological polar surface area (TPSA) is 49.8 Å². The molecule has 1 aromatic rings. The van der Waals surface area contributed by atoms with E-state index in [1.54, 1.807) is 0 Å². The minimum Gasteiger partial charge on any atom is -0.493 e. The molecule has 11 heteroatoms. The number of benzene rings is 1. The number of hydrogen-bond acceptors (Lipinski definition) is 3. The van der Waals surface area contributed by atoms with Gasteiger partial charge in [-0.2, -0.15) is 26.3 Å². The summed E-state index contributed by atoms with van der Waals surface area (Å²) in [5.41, 5.74) is -3.91. The number of halogens is 7. The maximum Gasteiger partial charge on any atom is 0.428 e. The molecule has 210 valence electrons. The Morgan fingerprint density at radius 2 is 1.82 bits per heavy atom. The van der Waals surface area contributed by atoms with Crippen LogP contribution in [-0.2, 0) is 0 Å². The first-order chi connectivity index (χ1) is 17.7. The molecule has 4 aliphatic rings. The first-order valence-electron chi connectivity index (χ1n) is 13.0. The molecule has 0 radical (unpaired) electrons. The molecule has 3 fully saturated rings. The second kappa shape index (κ2) is 9.13. The van der Waals surface area contributed by atoms with Gasteiger partial charge >= 0.3 is 12.4 Å². The summed E-state index contributed by atoms with van der Waals surface area (Å²) in [6.07, 6.45) is -5.58. The van der Waals surface area contributed by atoms with Crippen LogP contribution in [0, 0.1) is 17.2 Å². The molecule has 1 amide bonds. The van der Waals surface area contributed by atoms with E-state index >= 15 is 4.39 Å². The number of rotatable bonds is 6. The fourth-order valence-corrected chi connectivity index (χ4v) is 6.67. The number of alkyl halides is 6. The number of allylic oxidation sites excluding steroid dienone is 2. The van der Waals surface area contributed by atoms with E-state index < -0.39 is 54.2 Å². The van der Waals surface area contributed by atoms with Gasteiger partial charge in [0.25, 0.3) is 11.5 Å². The monoisotopic (exact) mass is 549 g/mol. The van der Waals surface area contributed by atoms with Crippen LogP contribution in [0.15, 0.2) is 23.8 Å². The third-order valence-corrected chi connectivity index (χ3v) is 8.56. The van der Waals surface area contributed by atoms with E-state index in [0.29, 0.717) is 23.0 Å². The van der Waals surface area contributed by atoms with Crippen molar-refractivity contribution in [1.29, 1.82) is 0 Å². The second-order valence-corrected chi connectivity index (χ2v) is 11.6. The van der Waals surface area contributed by atoms with Gasteiger partial charge in [0, 0.05) is 18.0 Å². The molecule has 0 spiro atoms. The lowest BCUT2D eigenvalue weighted by Crippen LogP contribution is -2.67. The Bertz CT molecular complexity index is 1130. The Kier molecular flexibility index (Phi) is 6.55. The number of carbonyl (C=O) groups is 1. The highest BCUT2D eigenvalue weighted by molar-refractivity contribution is 5.95. The van der Waals surface area contributed by atoms with Crippen LogP contribution in [0.1, 0.15) is 80.1 Å². The number of carbonyl (C=O) groups excluding carboxylic acids is 1. The number of amides is 1. The maximum atomic E-state index is 15.3. The van der Waals surface area contributed by atoms with Crippen molar-refractivity contribution in [3.05, 3.63) is 40.7 Å². The van der Waals surface area contributed by atoms with Gasteiger partial charge in [-0.05, 0) is 74.8 Å². The molecule has 1 saturated heterocycles. The Hall–Kier alpha value is -2.30. The number of ether oxygens (including phenoxy) is 1. The molecule has 3 aliphatic carbocycles. The summed E-state index contributed by atoms with van der Waals surface area (Å²) in [4.78, 5) is 13.5. The van der Waals surface area contributed by atoms with Crippen molar-refractivity contribution in [2.75, 3.05) is 13.2 Å². The molecule has 1 N–H and O–H groups in total. The molecule has 0 aromatic heterocycles. The van der Waals surface area contributed by atoms with Crippen LogP contribution < -0.4 is 4.74 Å². The van der Waals surface area contributed by atoms with Crippen LogP contribution in [0.5, 0.6) is 5.75 Å². The van der Waals surface area contributed by atoms with Crippen LogP contribution in [0.4, 0.5) is 30.7 Å². The minimum atomic E-state index is -6.08. The van der Waals surface area contributed by atoms with Gasteiger partial charge < -0.3 is 14.7 Å². The molecule has 3 atom stereocenters. The molecule has 1 aliphatic heterocycles. The van der Waals surface area contributed by atoms with Crippen molar-refractivity contribution in [3.8, 4) is 5.75 Å². The molecule has 1 heterocycles. The second-order valence-electron chi connectivity index (χ2n) is 11.6. The molecule has 4 nitrogen and oxygen atoms in total. The molecular weight excluding hydrogens is 519 g/mol. The average molecular weight is 550 g/mol. The summed E-state index contributed by atoms with van der Waals surface area (Å²) >= 11 is 0. The zero-order chi connectivity index (χ0) is 27.7. The largest absolute Gasteiger partial charge is 0.493 e. The zero-order valence-corrected chi connectivity index (χ0v) is 20.9. The van der Waals surface area contributed by atoms with Gasteiger partial charge in [0.1, 0.15) is 11.6 Å². The van der Waals surface area contributed by atoms with Crippen molar-refractivity contribution < 1.29 is 45.4 Å². The van der Waals surface area contributed by atoms with E-state index in [4.69, 9.17) is 4.74 Å². The standard InChI is InChI=1S/C27H30F7NO3/c1-15-9-16-6-7-24(12-15,13-16)14-38-21-11-20(28)19(10-18(21)17-4-5-17)23(36)35-8-2-3-22(35)25(37,26(29,30)31)27(32,33)34/h6,10-11,15,17,22,37H,2-5,7-9,12-14H2,1H3. The highest BCUT2D eigenvalue weighted by Crippen LogP contribution is 2.52. The molecule has 2 bridgehead atoms. The van der Waals surface area contributed by atoms with Crippen molar-refractivity contribution in [1.82, 2.24) is 4.90 Å². The van der Waals surface area contributed by atoms with E-state index in [0.717, 1.165) is 44.6 Å². The SMILES string of the molecule is CC1CC2=CCC(COc3cc(F)c(C(=O)N4CCCC4C(O)(C(F)(F)F)C(F)(F)F)cc3C3CC3)(C2)C1. The highest BCUT2D eigenvalue weighted by Gasteiger charge is 2.75. The Morgan fingerprint density at radius 1 is 1.13 bits per heavy atom. The van der Waals surface area contributed by atoms with Crippen molar-refractivity contribution in [2.24, 2.45) is 11.3 Å². The molecule has 3 unspecified atom stereocenters. The maximum absolute atomic E-state index is 15.3. The van der Waals surface area contributed by atoms with Crippen LogP contribution >= 0.6 is 0 Å². The summed E-state index contributed by atoms with van der Waals surface area (Å²) in [7, 11) is 0. The molecular formula is C27H30F7NO3. The fraction of sp³-hybridized carbons (Fsp3) is 0.667. The lowest BCUT2D eigenvalue weighted by Gasteiger charge is -2.41. The number of nitrogens with zero attached hydrogens (tertiary/aromatic N) is 1. The van der Waals surface area contributed by atoms with Crippen molar-refractivity contribution in [3.63, 3.8) is 0 Å². The Labute approximate surface area is 215 Å². The summed E-state index contributed by atoms with van der Waals surface area (Å²) in [6.45, 7) is 2.06. The van der Waals surface area contributed by atoms with Gasteiger partial charge in [-0.25, -0.2) is 4.39 Å². The van der Waals surface area contributed by atoms with Gasteiger partial charge in [-0.15, -0.1) is 0 Å². The first kappa shape index (κ1) is 27.3. The number of fused-ring (bicyclic) bond motifs is 2. The fourth-order valence-electron chi connectivity index (χ4n) is 6.67. The van der Waals surface area contributed by atoms with Crippen LogP contribution in [0.2, 0.25) is 0 Å². The van der Waals surface area contributed by atoms with E-state index in [9.17, 15) is 36.2 Å². The summed E-state index contributed by atoms with van der Waals surface area (Å²) in [6, 6.07) is -0.386. The van der Waals surface area contributed by atoms with E-state index in [2.05, 4.69) is 13.0 Å². The predicted octanol–water partition coefficient (Wildman–Crippen LogP) is 6.68. The predicted molar refractivity (Wildman–Crippen MR) is 123 cm³/mol. The molecule has 38 heavy (non-hydrogen) atoms. The van der Waals surface area contributed by atoms with Crippen LogP contribution in [0.3, 0.4) is 0 Å².